The minimum atomic E-state index is -0.418. The lowest BCUT2D eigenvalue weighted by atomic mass is 9.94. The number of aryl methyl sites for hydroxylation is 1. The number of likely N-dealkylation sites (N-methyl/N-ethyl adjacent to an activating group) is 1. The second kappa shape index (κ2) is 13.5. The van der Waals surface area contributed by atoms with Crippen molar-refractivity contribution in [1.82, 2.24) is 0 Å². The predicted molar refractivity (Wildman–Crippen MR) is 135 cm³/mol. The third kappa shape index (κ3) is 9.84. The summed E-state index contributed by atoms with van der Waals surface area (Å²) in [4.78, 5) is 0. The monoisotopic (exact) mass is 422 g/mol. The van der Waals surface area contributed by atoms with E-state index in [2.05, 4.69) is 88.6 Å². The fraction of sp³-hybridized carbons (Fsp3) is 0.517. The Morgan fingerprint density at radius 1 is 0.871 bits per heavy atom. The van der Waals surface area contributed by atoms with Crippen LogP contribution in [0, 0.1) is 5.92 Å². The molecule has 0 amide bonds. The number of hydrogen-bond donors (Lipinski definition) is 1. The fourth-order valence-corrected chi connectivity index (χ4v) is 4.31. The minimum absolute atomic E-state index is 0.199. The molecule has 0 saturated heterocycles. The summed E-state index contributed by atoms with van der Waals surface area (Å²) in [6.07, 6.45) is 13.2. The van der Waals surface area contributed by atoms with E-state index in [0.717, 1.165) is 29.6 Å². The molecule has 1 N–H and O–H groups in total. The summed E-state index contributed by atoms with van der Waals surface area (Å²) in [5.41, 5.74) is 3.66. The Labute approximate surface area is 191 Å². The average molecular weight is 423 g/mol. The van der Waals surface area contributed by atoms with E-state index < -0.39 is 6.10 Å². The molecule has 0 aliphatic carbocycles. The molecule has 2 atom stereocenters. The van der Waals surface area contributed by atoms with Gasteiger partial charge in [0.2, 0.25) is 0 Å². The van der Waals surface area contributed by atoms with Crippen molar-refractivity contribution in [3.8, 4) is 0 Å². The molecule has 170 valence electrons. The first-order valence-corrected chi connectivity index (χ1v) is 12.2. The van der Waals surface area contributed by atoms with Gasteiger partial charge in [0.1, 0.15) is 0 Å². The highest BCUT2D eigenvalue weighted by molar-refractivity contribution is 5.48. The van der Waals surface area contributed by atoms with Crippen LogP contribution in [-0.2, 0) is 6.42 Å². The molecule has 0 saturated carbocycles. The number of benzene rings is 2. The Morgan fingerprint density at radius 2 is 1.52 bits per heavy atom. The largest absolute Gasteiger partial charge is 0.388 e. The molecule has 0 bridgehead atoms. The maximum absolute atomic E-state index is 10.9. The van der Waals surface area contributed by atoms with Crippen LogP contribution in [0.4, 0.5) is 0 Å². The van der Waals surface area contributed by atoms with Gasteiger partial charge in [-0.25, -0.2) is 0 Å². The Balaban J connectivity index is 1.79. The lowest BCUT2D eigenvalue weighted by Gasteiger charge is -2.33. The van der Waals surface area contributed by atoms with Gasteiger partial charge in [-0.3, -0.25) is 0 Å². The van der Waals surface area contributed by atoms with Gasteiger partial charge in [0, 0.05) is 5.92 Å². The zero-order valence-electron chi connectivity index (χ0n) is 20.3. The van der Waals surface area contributed by atoms with Crippen LogP contribution >= 0.6 is 0 Å². The van der Waals surface area contributed by atoms with E-state index >= 15 is 0 Å². The van der Waals surface area contributed by atoms with Crippen molar-refractivity contribution >= 4 is 6.08 Å². The van der Waals surface area contributed by atoms with Crippen LogP contribution in [0.15, 0.2) is 60.7 Å². The molecule has 2 nitrogen and oxygen atoms in total. The Bertz CT molecular complexity index is 748. The number of unbranched alkanes of at least 4 members (excludes halogenated alkanes) is 5. The van der Waals surface area contributed by atoms with Crippen LogP contribution in [0.2, 0.25) is 0 Å². The number of nitrogens with zero attached hydrogens (tertiary/aromatic N) is 1. The van der Waals surface area contributed by atoms with Gasteiger partial charge in [-0.2, -0.15) is 0 Å². The summed E-state index contributed by atoms with van der Waals surface area (Å²) < 4.78 is 0.859. The van der Waals surface area contributed by atoms with Crippen molar-refractivity contribution in [2.75, 3.05) is 27.2 Å². The zero-order valence-corrected chi connectivity index (χ0v) is 20.3. The summed E-state index contributed by atoms with van der Waals surface area (Å²) in [5.74, 6) is 0.199. The summed E-state index contributed by atoms with van der Waals surface area (Å²) in [7, 11) is 4.48. The highest BCUT2D eigenvalue weighted by atomic mass is 16.3. The summed E-state index contributed by atoms with van der Waals surface area (Å²) in [6, 6.07) is 19.1. The number of hydrogen-bond acceptors (Lipinski definition) is 1. The van der Waals surface area contributed by atoms with E-state index in [4.69, 9.17) is 0 Å². The van der Waals surface area contributed by atoms with Crippen molar-refractivity contribution < 1.29 is 9.59 Å². The van der Waals surface area contributed by atoms with Gasteiger partial charge in [-0.05, 0) is 35.6 Å². The smallest absolute Gasteiger partial charge is 0.0972 e. The van der Waals surface area contributed by atoms with E-state index in [1.54, 1.807) is 0 Å². The first-order chi connectivity index (χ1) is 14.9. The van der Waals surface area contributed by atoms with Crippen LogP contribution in [0.5, 0.6) is 0 Å². The number of rotatable bonds is 14. The first kappa shape index (κ1) is 25.4. The van der Waals surface area contributed by atoms with Gasteiger partial charge in [0.15, 0.2) is 0 Å². The molecule has 0 fully saturated rings. The minimum Gasteiger partial charge on any atom is -0.388 e. The number of aliphatic hydroxyl groups is 1. The van der Waals surface area contributed by atoms with E-state index in [1.807, 2.05) is 6.07 Å². The van der Waals surface area contributed by atoms with Crippen LogP contribution in [0.25, 0.3) is 6.08 Å². The molecule has 2 aromatic rings. The predicted octanol–water partition coefficient (Wildman–Crippen LogP) is 7.05. The molecule has 0 aromatic heterocycles. The molecule has 2 rings (SSSR count). The zero-order chi connectivity index (χ0) is 22.5. The molecule has 2 aromatic carbocycles. The SMILES string of the molecule is CCCCCCCCc1ccc(C(O)C(C)C[N+](C)(C)C/C=C/c2ccccc2)cc1. The molecule has 2 unspecified atom stereocenters. The third-order valence-corrected chi connectivity index (χ3v) is 6.17. The summed E-state index contributed by atoms with van der Waals surface area (Å²) >= 11 is 0. The van der Waals surface area contributed by atoms with Gasteiger partial charge in [0.05, 0.1) is 33.3 Å². The maximum Gasteiger partial charge on any atom is 0.0972 e. The van der Waals surface area contributed by atoms with Gasteiger partial charge < -0.3 is 9.59 Å². The van der Waals surface area contributed by atoms with Gasteiger partial charge in [-0.1, -0.05) is 107 Å². The molecule has 0 spiro atoms. The second-order valence-electron chi connectivity index (χ2n) is 9.80. The van der Waals surface area contributed by atoms with Gasteiger partial charge >= 0.3 is 0 Å². The fourth-order valence-electron chi connectivity index (χ4n) is 4.31. The average Bonchev–Trinajstić information content (AvgIpc) is 2.76. The van der Waals surface area contributed by atoms with Crippen LogP contribution < -0.4 is 0 Å². The molecule has 0 radical (unpaired) electrons. The van der Waals surface area contributed by atoms with E-state index in [9.17, 15) is 5.11 Å². The molecule has 0 aliphatic rings. The molecule has 0 heterocycles. The first-order valence-electron chi connectivity index (χ1n) is 12.2. The van der Waals surface area contributed by atoms with Gasteiger partial charge in [-0.15, -0.1) is 0 Å². The Kier molecular flexibility index (Phi) is 11.0. The Hall–Kier alpha value is -1.90. The van der Waals surface area contributed by atoms with E-state index in [-0.39, 0.29) is 5.92 Å². The normalized spacial score (nSPS) is 14.1. The van der Waals surface area contributed by atoms with Crippen molar-refractivity contribution in [3.63, 3.8) is 0 Å². The quantitative estimate of drug-likeness (QED) is 0.255. The highest BCUT2D eigenvalue weighted by Gasteiger charge is 2.24. The van der Waals surface area contributed by atoms with Crippen molar-refractivity contribution in [2.24, 2.45) is 5.92 Å². The maximum atomic E-state index is 10.9. The van der Waals surface area contributed by atoms with Crippen molar-refractivity contribution in [1.29, 1.82) is 0 Å². The third-order valence-electron chi connectivity index (χ3n) is 6.17. The standard InChI is InChI=1S/C29H44NO/c1-5-6-7-8-9-11-17-27-19-21-28(22-20-27)29(31)25(2)24-30(3,4)23-14-18-26-15-12-10-13-16-26/h10,12-16,18-22,25,29,31H,5-9,11,17,23-24H2,1-4H3/q+1/b18-14+. The van der Waals surface area contributed by atoms with E-state index in [1.165, 1.54) is 49.7 Å². The topological polar surface area (TPSA) is 20.2 Å². The number of aliphatic hydroxyl groups excluding tert-OH is 1. The van der Waals surface area contributed by atoms with Crippen LogP contribution in [-0.4, -0.2) is 36.8 Å². The molecular weight excluding hydrogens is 378 g/mol. The lowest BCUT2D eigenvalue weighted by Crippen LogP contribution is -2.44. The Morgan fingerprint density at radius 3 is 2.19 bits per heavy atom. The highest BCUT2D eigenvalue weighted by Crippen LogP contribution is 2.25. The van der Waals surface area contributed by atoms with Crippen LogP contribution in [0.3, 0.4) is 0 Å². The molecule has 0 aliphatic heterocycles. The van der Waals surface area contributed by atoms with Crippen molar-refractivity contribution in [2.45, 2.75) is 64.9 Å². The molecule has 2 heteroatoms. The molecular formula is C29H44NO+. The lowest BCUT2D eigenvalue weighted by molar-refractivity contribution is -0.888. The van der Waals surface area contributed by atoms with Crippen molar-refractivity contribution in [3.05, 3.63) is 77.4 Å². The second-order valence-corrected chi connectivity index (χ2v) is 9.80. The summed E-state index contributed by atoms with van der Waals surface area (Å²) in [5, 5.41) is 10.9. The molecule has 31 heavy (non-hydrogen) atoms. The van der Waals surface area contributed by atoms with Crippen LogP contribution in [0.1, 0.15) is 75.2 Å². The van der Waals surface area contributed by atoms with E-state index in [0.29, 0.717) is 0 Å². The number of quaternary nitrogens is 1. The van der Waals surface area contributed by atoms with Gasteiger partial charge in [0.25, 0.3) is 0 Å². The summed E-state index contributed by atoms with van der Waals surface area (Å²) in [6.45, 7) is 6.30.